The van der Waals surface area contributed by atoms with Crippen molar-refractivity contribution in [1.82, 2.24) is 0 Å². The number of anilines is 2. The van der Waals surface area contributed by atoms with E-state index in [0.717, 1.165) is 11.1 Å². The minimum absolute atomic E-state index is 0.0724. The van der Waals surface area contributed by atoms with Crippen LogP contribution < -0.4 is 10.6 Å². The quantitative estimate of drug-likeness (QED) is 0.619. The maximum atomic E-state index is 12.5. The van der Waals surface area contributed by atoms with Crippen LogP contribution >= 0.6 is 0 Å². The molecule has 2 N–H and O–H groups in total. The third-order valence-corrected chi connectivity index (χ3v) is 4.70. The van der Waals surface area contributed by atoms with Gasteiger partial charge in [0.2, 0.25) is 11.8 Å². The number of nitrogens with zero attached hydrogens (tertiary/aromatic N) is 1. The molecule has 4 nitrogen and oxygen atoms in total. The summed E-state index contributed by atoms with van der Waals surface area (Å²) in [5.41, 5.74) is 8.73. The maximum absolute atomic E-state index is 12.5. The lowest BCUT2D eigenvalue weighted by molar-refractivity contribution is -0.125. The molecule has 100 valence electrons. The topological polar surface area (TPSA) is 63.4 Å². The molecule has 1 saturated carbocycles. The normalized spacial score (nSPS) is 27.7. The zero-order valence-corrected chi connectivity index (χ0v) is 11.7. The second-order valence-electron chi connectivity index (χ2n) is 6.23. The first-order chi connectivity index (χ1) is 8.78. The molecule has 4 heteroatoms. The fourth-order valence-electron chi connectivity index (χ4n) is 3.36. The lowest BCUT2D eigenvalue weighted by Crippen LogP contribution is -2.37. The van der Waals surface area contributed by atoms with Crippen molar-refractivity contribution < 1.29 is 9.59 Å². The van der Waals surface area contributed by atoms with Gasteiger partial charge in [-0.2, -0.15) is 0 Å². The van der Waals surface area contributed by atoms with Gasteiger partial charge in [-0.25, -0.2) is 4.90 Å². The zero-order valence-electron chi connectivity index (χ0n) is 11.7. The summed E-state index contributed by atoms with van der Waals surface area (Å²) in [6, 6.07) is 3.66. The Kier molecular flexibility index (Phi) is 2.17. The number of hydrogen-bond acceptors (Lipinski definition) is 3. The summed E-state index contributed by atoms with van der Waals surface area (Å²) in [5.74, 6) is -0.450. The Bertz CT molecular complexity index is 595. The number of imide groups is 1. The van der Waals surface area contributed by atoms with E-state index >= 15 is 0 Å². The molecule has 0 radical (unpaired) electrons. The van der Waals surface area contributed by atoms with Crippen LogP contribution in [-0.4, -0.2) is 11.8 Å². The molecular formula is C15H18N2O2. The molecular weight excluding hydrogens is 240 g/mol. The number of piperidine rings is 1. The van der Waals surface area contributed by atoms with Crippen LogP contribution in [0.5, 0.6) is 0 Å². The second-order valence-corrected chi connectivity index (χ2v) is 6.23. The van der Waals surface area contributed by atoms with Crippen LogP contribution in [0.15, 0.2) is 12.1 Å². The average molecular weight is 258 g/mol. The Morgan fingerprint density at radius 2 is 1.63 bits per heavy atom. The number of nitrogen functional groups attached to an aromatic ring is 1. The number of rotatable bonds is 1. The van der Waals surface area contributed by atoms with Gasteiger partial charge in [0.05, 0.1) is 17.5 Å². The van der Waals surface area contributed by atoms with E-state index < -0.39 is 0 Å². The predicted molar refractivity (Wildman–Crippen MR) is 73.6 cm³/mol. The molecule has 1 aromatic carbocycles. The van der Waals surface area contributed by atoms with Gasteiger partial charge in [0.25, 0.3) is 0 Å². The first kappa shape index (κ1) is 12.2. The number of nitrogens with two attached hydrogens (primary N) is 1. The highest BCUT2D eigenvalue weighted by atomic mass is 16.2. The monoisotopic (exact) mass is 258 g/mol. The molecule has 0 bridgehead atoms. The van der Waals surface area contributed by atoms with Gasteiger partial charge in [0.15, 0.2) is 0 Å². The molecule has 0 aromatic heterocycles. The number of carbonyl (C=O) groups is 2. The number of fused-ring (bicyclic) bond motifs is 1. The van der Waals surface area contributed by atoms with Gasteiger partial charge in [0.1, 0.15) is 0 Å². The molecule has 2 fully saturated rings. The van der Waals surface area contributed by atoms with Crippen molar-refractivity contribution in [3.05, 3.63) is 23.3 Å². The third kappa shape index (κ3) is 1.34. The Morgan fingerprint density at radius 3 is 2.16 bits per heavy atom. The highest BCUT2D eigenvalue weighted by Gasteiger charge is 2.72. The average Bonchev–Trinajstić information content (AvgIpc) is 2.79. The lowest BCUT2D eigenvalue weighted by atomic mass is 10.0. The van der Waals surface area contributed by atoms with E-state index in [1.54, 1.807) is 0 Å². The minimum Gasteiger partial charge on any atom is -0.398 e. The maximum Gasteiger partial charge on any atom is 0.238 e. The summed E-state index contributed by atoms with van der Waals surface area (Å²) in [6.07, 6.45) is 0. The highest BCUT2D eigenvalue weighted by molar-refractivity contribution is 6.26. The number of amides is 2. The Hall–Kier alpha value is -1.84. The van der Waals surface area contributed by atoms with Crippen LogP contribution in [0.1, 0.15) is 25.0 Å². The zero-order chi connectivity index (χ0) is 14.1. The molecule has 2 atom stereocenters. The van der Waals surface area contributed by atoms with Crippen molar-refractivity contribution in [3.63, 3.8) is 0 Å². The second kappa shape index (κ2) is 3.38. The molecule has 1 saturated heterocycles. The molecule has 0 spiro atoms. The van der Waals surface area contributed by atoms with Crippen molar-refractivity contribution in [2.75, 3.05) is 10.6 Å². The van der Waals surface area contributed by atoms with Crippen molar-refractivity contribution in [3.8, 4) is 0 Å². The molecule has 3 rings (SSSR count). The summed E-state index contributed by atoms with van der Waals surface area (Å²) < 4.78 is 0. The molecule has 1 aromatic rings. The molecule has 19 heavy (non-hydrogen) atoms. The van der Waals surface area contributed by atoms with E-state index in [9.17, 15) is 9.59 Å². The van der Waals surface area contributed by atoms with Gasteiger partial charge >= 0.3 is 0 Å². The number of benzene rings is 1. The Labute approximate surface area is 112 Å². The van der Waals surface area contributed by atoms with Gasteiger partial charge in [0, 0.05) is 5.69 Å². The van der Waals surface area contributed by atoms with Crippen LogP contribution in [0.3, 0.4) is 0 Å². The van der Waals surface area contributed by atoms with E-state index in [1.165, 1.54) is 4.90 Å². The Balaban J connectivity index is 2.09. The molecule has 1 heterocycles. The predicted octanol–water partition coefficient (Wildman–Crippen LogP) is 2.03. The van der Waals surface area contributed by atoms with Gasteiger partial charge in [-0.3, -0.25) is 9.59 Å². The number of hydrogen-bond donors (Lipinski definition) is 1. The van der Waals surface area contributed by atoms with Crippen molar-refractivity contribution in [1.29, 1.82) is 0 Å². The fourth-order valence-corrected chi connectivity index (χ4v) is 3.36. The van der Waals surface area contributed by atoms with E-state index in [4.69, 9.17) is 5.73 Å². The third-order valence-electron chi connectivity index (χ3n) is 4.70. The SMILES string of the molecule is Cc1ccc(N)c(C)c1N1C(=O)C2C(C1=O)C2(C)C. The first-order valence-corrected chi connectivity index (χ1v) is 6.52. The number of carbonyl (C=O) groups excluding carboxylic acids is 2. The summed E-state index contributed by atoms with van der Waals surface area (Å²) in [7, 11) is 0. The van der Waals surface area contributed by atoms with Gasteiger partial charge in [-0.15, -0.1) is 0 Å². The summed E-state index contributed by atoms with van der Waals surface area (Å²) in [6.45, 7) is 7.72. The molecule has 2 aliphatic rings. The lowest BCUT2D eigenvalue weighted by Gasteiger charge is -2.24. The van der Waals surface area contributed by atoms with Crippen LogP contribution in [0.25, 0.3) is 0 Å². The molecule has 2 unspecified atom stereocenters. The van der Waals surface area contributed by atoms with Crippen LogP contribution in [-0.2, 0) is 9.59 Å². The largest absolute Gasteiger partial charge is 0.398 e. The van der Waals surface area contributed by atoms with E-state index in [2.05, 4.69) is 0 Å². The summed E-state index contributed by atoms with van der Waals surface area (Å²) in [4.78, 5) is 26.3. The van der Waals surface area contributed by atoms with Crippen molar-refractivity contribution in [2.24, 2.45) is 17.3 Å². The highest BCUT2D eigenvalue weighted by Crippen LogP contribution is 2.64. The first-order valence-electron chi connectivity index (χ1n) is 6.52. The van der Waals surface area contributed by atoms with Crippen LogP contribution in [0, 0.1) is 31.1 Å². The van der Waals surface area contributed by atoms with Crippen LogP contribution in [0.2, 0.25) is 0 Å². The molecule has 1 aliphatic heterocycles. The number of aryl methyl sites for hydroxylation is 1. The van der Waals surface area contributed by atoms with Gasteiger partial charge in [-0.05, 0) is 36.5 Å². The van der Waals surface area contributed by atoms with Crippen molar-refractivity contribution >= 4 is 23.2 Å². The summed E-state index contributed by atoms with van der Waals surface area (Å²) in [5, 5.41) is 0. The smallest absolute Gasteiger partial charge is 0.238 e. The van der Waals surface area contributed by atoms with Crippen molar-refractivity contribution in [2.45, 2.75) is 27.7 Å². The summed E-state index contributed by atoms with van der Waals surface area (Å²) >= 11 is 0. The molecule has 2 amide bonds. The standard InChI is InChI=1S/C15H18N2O2/c1-7-5-6-9(16)8(2)12(7)17-13(18)10-11(14(17)19)15(10,3)4/h5-6,10-11H,16H2,1-4H3. The van der Waals surface area contributed by atoms with Gasteiger partial charge < -0.3 is 5.73 Å². The van der Waals surface area contributed by atoms with Crippen LogP contribution in [0.4, 0.5) is 11.4 Å². The van der Waals surface area contributed by atoms with E-state index in [1.807, 2.05) is 39.8 Å². The van der Waals surface area contributed by atoms with E-state index in [0.29, 0.717) is 11.4 Å². The fraction of sp³-hybridized carbons (Fsp3) is 0.467. The van der Waals surface area contributed by atoms with Gasteiger partial charge in [-0.1, -0.05) is 19.9 Å². The van der Waals surface area contributed by atoms with E-state index in [-0.39, 0.29) is 29.1 Å². The molecule has 1 aliphatic carbocycles. The Morgan fingerprint density at radius 1 is 1.11 bits per heavy atom. The minimum atomic E-state index is -0.174.